The molecule has 0 radical (unpaired) electrons. The van der Waals surface area contributed by atoms with Gasteiger partial charge in [-0.3, -0.25) is 4.79 Å². The molecule has 0 spiro atoms. The first-order valence-electron chi connectivity index (χ1n) is 12.0. The molecule has 2 aromatic rings. The second-order valence-electron chi connectivity index (χ2n) is 8.98. The van der Waals surface area contributed by atoms with Crippen molar-refractivity contribution in [2.45, 2.75) is 52.6 Å². The molecular weight excluding hydrogens is 458 g/mol. The summed E-state index contributed by atoms with van der Waals surface area (Å²) in [7, 11) is 0. The van der Waals surface area contributed by atoms with Crippen LogP contribution in [-0.4, -0.2) is 47.2 Å². The van der Waals surface area contributed by atoms with Crippen LogP contribution in [0.4, 0.5) is 22.2 Å². The monoisotopic (exact) mass is 493 g/mol. The van der Waals surface area contributed by atoms with E-state index in [1.807, 2.05) is 12.2 Å². The molecule has 36 heavy (non-hydrogen) atoms. The number of alkyl carbamates (subject to hydrolysis) is 1. The van der Waals surface area contributed by atoms with Crippen LogP contribution in [-0.2, 0) is 9.53 Å². The van der Waals surface area contributed by atoms with Gasteiger partial charge in [0.1, 0.15) is 11.4 Å². The van der Waals surface area contributed by atoms with Crippen LogP contribution >= 0.6 is 0 Å². The highest BCUT2D eigenvalue weighted by Gasteiger charge is 2.15. The summed E-state index contributed by atoms with van der Waals surface area (Å²) in [5.41, 5.74) is 1.61. The van der Waals surface area contributed by atoms with Gasteiger partial charge in [-0.05, 0) is 57.9 Å². The number of amides is 2. The minimum Gasteiger partial charge on any atom is -0.444 e. The molecule has 0 saturated carbocycles. The van der Waals surface area contributed by atoms with Crippen molar-refractivity contribution in [2.24, 2.45) is 0 Å². The van der Waals surface area contributed by atoms with Crippen molar-refractivity contribution in [3.63, 3.8) is 0 Å². The minimum absolute atomic E-state index is 0.104. The standard InChI is InChI=1S/C26H35N7O3/c1-5-14-29-23-20(18-31-24(33-23)32-21-12-10-19(17-27)11-13-21)8-6-15-28-22(34)9-7-16-30-25(35)36-26(2,3)4/h6,8,10-13,18H,5,7,9,14-16H2,1-4H3,(H,28,34)(H,30,35)(H2,29,31,32,33)/b8-6-. The Morgan fingerprint density at radius 1 is 1.14 bits per heavy atom. The van der Waals surface area contributed by atoms with Crippen molar-refractivity contribution in [1.82, 2.24) is 20.6 Å². The number of hydrogen-bond acceptors (Lipinski definition) is 8. The molecule has 0 aliphatic rings. The van der Waals surface area contributed by atoms with Crippen molar-refractivity contribution in [1.29, 1.82) is 5.26 Å². The number of benzene rings is 1. The van der Waals surface area contributed by atoms with Gasteiger partial charge in [-0.2, -0.15) is 10.2 Å². The molecule has 0 atom stereocenters. The molecule has 0 saturated heterocycles. The van der Waals surface area contributed by atoms with E-state index >= 15 is 0 Å². The lowest BCUT2D eigenvalue weighted by molar-refractivity contribution is -0.120. The molecule has 10 nitrogen and oxygen atoms in total. The lowest BCUT2D eigenvalue weighted by atomic mass is 10.2. The Labute approximate surface area is 212 Å². The molecule has 192 valence electrons. The highest BCUT2D eigenvalue weighted by Crippen LogP contribution is 2.19. The fraction of sp³-hybridized carbons (Fsp3) is 0.423. The molecule has 4 N–H and O–H groups in total. The summed E-state index contributed by atoms with van der Waals surface area (Å²) in [6.07, 6.45) is 6.65. The van der Waals surface area contributed by atoms with Gasteiger partial charge in [-0.15, -0.1) is 0 Å². The largest absolute Gasteiger partial charge is 0.444 e. The van der Waals surface area contributed by atoms with Crippen LogP contribution in [0.5, 0.6) is 0 Å². The molecule has 0 fully saturated rings. The number of rotatable bonds is 12. The Bertz CT molecular complexity index is 1070. The van der Waals surface area contributed by atoms with Gasteiger partial charge in [0.25, 0.3) is 0 Å². The molecule has 1 heterocycles. The topological polar surface area (TPSA) is 141 Å². The molecule has 0 bridgehead atoms. The number of hydrogen-bond donors (Lipinski definition) is 4. The Balaban J connectivity index is 1.84. The van der Waals surface area contributed by atoms with Gasteiger partial charge in [0.2, 0.25) is 11.9 Å². The van der Waals surface area contributed by atoms with E-state index in [-0.39, 0.29) is 5.91 Å². The highest BCUT2D eigenvalue weighted by atomic mass is 16.6. The van der Waals surface area contributed by atoms with Crippen LogP contribution in [0.15, 0.2) is 36.5 Å². The zero-order chi connectivity index (χ0) is 26.4. The second kappa shape index (κ2) is 14.3. The number of carbonyl (C=O) groups excluding carboxylic acids is 2. The number of carbonyl (C=O) groups is 2. The molecule has 1 aromatic carbocycles. The van der Waals surface area contributed by atoms with Crippen molar-refractivity contribution >= 4 is 35.5 Å². The molecule has 1 aromatic heterocycles. The van der Waals surface area contributed by atoms with E-state index in [2.05, 4.69) is 44.2 Å². The average Bonchev–Trinajstić information content (AvgIpc) is 2.83. The molecule has 0 aliphatic heterocycles. The van der Waals surface area contributed by atoms with Crippen molar-refractivity contribution in [2.75, 3.05) is 30.3 Å². The Kier molecular flexibility index (Phi) is 11.2. The summed E-state index contributed by atoms with van der Waals surface area (Å²) in [6.45, 7) is 8.93. The van der Waals surface area contributed by atoms with Gasteiger partial charge in [0, 0.05) is 43.5 Å². The summed E-state index contributed by atoms with van der Waals surface area (Å²) in [5, 5.41) is 20.8. The average molecular weight is 494 g/mol. The maximum Gasteiger partial charge on any atom is 0.407 e. The van der Waals surface area contributed by atoms with Gasteiger partial charge in [-0.25, -0.2) is 9.78 Å². The maximum atomic E-state index is 12.0. The highest BCUT2D eigenvalue weighted by molar-refractivity contribution is 5.76. The van der Waals surface area contributed by atoms with Gasteiger partial charge in [0.15, 0.2) is 0 Å². The van der Waals surface area contributed by atoms with Crippen LogP contribution < -0.4 is 21.3 Å². The SMILES string of the molecule is CCCNc1nc(Nc2ccc(C#N)cc2)ncc1/C=C\CNC(=O)CCCNC(=O)OC(C)(C)C. The van der Waals surface area contributed by atoms with Crippen LogP contribution in [0.25, 0.3) is 6.08 Å². The number of ether oxygens (including phenoxy) is 1. The second-order valence-corrected chi connectivity index (χ2v) is 8.98. The van der Waals surface area contributed by atoms with Crippen molar-refractivity contribution < 1.29 is 14.3 Å². The van der Waals surface area contributed by atoms with Crippen LogP contribution in [0.1, 0.15) is 58.1 Å². The molecule has 2 rings (SSSR count). The Hall–Kier alpha value is -4.13. The molecule has 0 unspecified atom stereocenters. The van der Waals surface area contributed by atoms with E-state index in [9.17, 15) is 9.59 Å². The lowest BCUT2D eigenvalue weighted by Crippen LogP contribution is -2.33. The maximum absolute atomic E-state index is 12.0. The predicted molar refractivity (Wildman–Crippen MR) is 141 cm³/mol. The van der Waals surface area contributed by atoms with Crippen LogP contribution in [0.2, 0.25) is 0 Å². The van der Waals surface area contributed by atoms with E-state index in [4.69, 9.17) is 10.00 Å². The summed E-state index contributed by atoms with van der Waals surface area (Å²) in [6, 6.07) is 9.13. The number of aromatic nitrogens is 2. The van der Waals surface area contributed by atoms with E-state index in [1.54, 1.807) is 51.2 Å². The first kappa shape index (κ1) is 28.1. The zero-order valence-electron chi connectivity index (χ0n) is 21.4. The number of anilines is 3. The summed E-state index contributed by atoms with van der Waals surface area (Å²) in [5.74, 6) is 1.01. The third kappa shape index (κ3) is 10.9. The Morgan fingerprint density at radius 2 is 1.89 bits per heavy atom. The van der Waals surface area contributed by atoms with Gasteiger partial charge >= 0.3 is 6.09 Å². The fourth-order valence-corrected chi connectivity index (χ4v) is 2.92. The van der Waals surface area contributed by atoms with Gasteiger partial charge in [-0.1, -0.05) is 19.1 Å². The lowest BCUT2D eigenvalue weighted by Gasteiger charge is -2.19. The third-order valence-corrected chi connectivity index (χ3v) is 4.59. The minimum atomic E-state index is -0.549. The molecule has 10 heteroatoms. The summed E-state index contributed by atoms with van der Waals surface area (Å²) < 4.78 is 5.16. The first-order chi connectivity index (χ1) is 17.2. The summed E-state index contributed by atoms with van der Waals surface area (Å²) >= 11 is 0. The molecular formula is C26H35N7O3. The molecule has 0 aliphatic carbocycles. The normalized spacial score (nSPS) is 11.0. The Morgan fingerprint density at radius 3 is 2.56 bits per heavy atom. The van der Waals surface area contributed by atoms with Gasteiger partial charge in [0.05, 0.1) is 11.6 Å². The number of nitrogens with zero attached hydrogens (tertiary/aromatic N) is 3. The first-order valence-corrected chi connectivity index (χ1v) is 12.0. The van der Waals surface area contributed by atoms with E-state index in [1.165, 1.54) is 0 Å². The summed E-state index contributed by atoms with van der Waals surface area (Å²) in [4.78, 5) is 32.6. The number of nitrogens with one attached hydrogen (secondary N) is 4. The smallest absolute Gasteiger partial charge is 0.407 e. The predicted octanol–water partition coefficient (Wildman–Crippen LogP) is 4.35. The van der Waals surface area contributed by atoms with E-state index in [0.29, 0.717) is 43.3 Å². The zero-order valence-corrected chi connectivity index (χ0v) is 21.4. The van der Waals surface area contributed by atoms with Crippen LogP contribution in [0, 0.1) is 11.3 Å². The van der Waals surface area contributed by atoms with E-state index in [0.717, 1.165) is 24.2 Å². The van der Waals surface area contributed by atoms with Crippen molar-refractivity contribution in [3.8, 4) is 6.07 Å². The third-order valence-electron chi connectivity index (χ3n) is 4.59. The van der Waals surface area contributed by atoms with E-state index < -0.39 is 11.7 Å². The quantitative estimate of drug-likeness (QED) is 0.320. The fourth-order valence-electron chi connectivity index (χ4n) is 2.92. The molecule has 2 amide bonds. The van der Waals surface area contributed by atoms with Gasteiger partial charge < -0.3 is 26.0 Å². The van der Waals surface area contributed by atoms with Crippen LogP contribution in [0.3, 0.4) is 0 Å². The van der Waals surface area contributed by atoms with Crippen molar-refractivity contribution in [3.05, 3.63) is 47.7 Å². The number of nitriles is 1.